The summed E-state index contributed by atoms with van der Waals surface area (Å²) in [5, 5.41) is 0. The lowest BCUT2D eigenvalue weighted by atomic mass is 10.0. The molecule has 0 radical (unpaired) electrons. The third-order valence-corrected chi connectivity index (χ3v) is 3.26. The van der Waals surface area contributed by atoms with Crippen molar-refractivity contribution in [2.45, 2.75) is 33.4 Å². The van der Waals surface area contributed by atoms with E-state index in [1.807, 2.05) is 31.7 Å². The van der Waals surface area contributed by atoms with E-state index < -0.39 is 0 Å². The third-order valence-electron chi connectivity index (χ3n) is 3.26. The first kappa shape index (κ1) is 13.0. The Kier molecular flexibility index (Phi) is 3.63. The second kappa shape index (κ2) is 5.04. The first-order valence-electron chi connectivity index (χ1n) is 5.87. The van der Waals surface area contributed by atoms with E-state index in [9.17, 15) is 4.79 Å². The van der Waals surface area contributed by atoms with Gasteiger partial charge in [0.2, 0.25) is 0 Å². The summed E-state index contributed by atoms with van der Waals surface area (Å²) in [4.78, 5) is 11.9. The van der Waals surface area contributed by atoms with Crippen LogP contribution in [0.15, 0.2) is 6.20 Å². The number of rotatable bonds is 1. The minimum atomic E-state index is -0.335. The Morgan fingerprint density at radius 3 is 2.78 bits per heavy atom. The molecule has 1 aromatic heterocycles. The van der Waals surface area contributed by atoms with Gasteiger partial charge in [0.15, 0.2) is 18.2 Å². The van der Waals surface area contributed by atoms with E-state index in [2.05, 4.69) is 0 Å². The average Bonchev–Trinajstić information content (AvgIpc) is 2.53. The van der Waals surface area contributed by atoms with Crippen LogP contribution in [0.25, 0.3) is 0 Å². The van der Waals surface area contributed by atoms with Crippen molar-refractivity contribution in [3.63, 3.8) is 0 Å². The molecule has 0 bridgehead atoms. The lowest BCUT2D eigenvalue weighted by Gasteiger charge is -2.10. The molecule has 1 aliphatic rings. The zero-order chi connectivity index (χ0) is 13.3. The van der Waals surface area contributed by atoms with Crippen molar-refractivity contribution < 1.29 is 23.6 Å². The Morgan fingerprint density at radius 2 is 2.11 bits per heavy atom. The number of pyridine rings is 1. The van der Waals surface area contributed by atoms with Crippen LogP contribution in [0.5, 0.6) is 0 Å². The molecule has 18 heavy (non-hydrogen) atoms. The largest absolute Gasteiger partial charge is 0.465 e. The fourth-order valence-electron chi connectivity index (χ4n) is 2.08. The molecule has 0 saturated carbocycles. The molecule has 1 aliphatic heterocycles. The summed E-state index contributed by atoms with van der Waals surface area (Å²) in [5.41, 5.74) is 3.27. The van der Waals surface area contributed by atoms with Gasteiger partial charge in [-0.3, -0.25) is 0 Å². The Labute approximate surface area is 106 Å². The number of aromatic nitrogens is 1. The maximum absolute atomic E-state index is 11.9. The van der Waals surface area contributed by atoms with Crippen LogP contribution in [-0.4, -0.2) is 19.4 Å². The molecule has 0 aliphatic carbocycles. The number of fused-ring (bicyclic) bond motifs is 1. The maximum atomic E-state index is 11.9. The molecule has 1 aromatic rings. The van der Waals surface area contributed by atoms with Crippen molar-refractivity contribution in [3.05, 3.63) is 28.6 Å². The zero-order valence-electron chi connectivity index (χ0n) is 11.1. The van der Waals surface area contributed by atoms with Crippen LogP contribution in [0.1, 0.15) is 34.1 Å². The molecule has 2 heterocycles. The van der Waals surface area contributed by atoms with E-state index in [0.29, 0.717) is 18.8 Å². The summed E-state index contributed by atoms with van der Waals surface area (Å²) in [6.45, 7) is 4.54. The summed E-state index contributed by atoms with van der Waals surface area (Å²) in [7, 11) is 3.29. The number of hydrogen-bond acceptors (Lipinski definition) is 4. The van der Waals surface area contributed by atoms with Gasteiger partial charge >= 0.3 is 5.97 Å². The molecule has 0 unspecified atom stereocenters. The van der Waals surface area contributed by atoms with Gasteiger partial charge in [-0.15, -0.1) is 0 Å². The predicted octanol–water partition coefficient (Wildman–Crippen LogP) is 0.999. The van der Waals surface area contributed by atoms with Crippen molar-refractivity contribution in [3.8, 4) is 0 Å². The van der Waals surface area contributed by atoms with Crippen molar-refractivity contribution in [1.82, 2.24) is 0 Å². The molecule has 0 fully saturated rings. The topological polar surface area (TPSA) is 48.6 Å². The van der Waals surface area contributed by atoms with Crippen LogP contribution >= 0.6 is 0 Å². The number of aryl methyl sites for hydroxylation is 1. The Bertz CT molecular complexity index is 484. The van der Waals surface area contributed by atoms with Crippen molar-refractivity contribution in [2.24, 2.45) is 7.05 Å². The van der Waals surface area contributed by atoms with E-state index in [-0.39, 0.29) is 12.3 Å². The summed E-state index contributed by atoms with van der Waals surface area (Å²) in [6.07, 6.45) is 1.70. The highest BCUT2D eigenvalue weighted by Gasteiger charge is 2.27. The molecule has 2 rings (SSSR count). The van der Waals surface area contributed by atoms with Gasteiger partial charge in [-0.1, -0.05) is 0 Å². The van der Waals surface area contributed by atoms with Gasteiger partial charge in [0.05, 0.1) is 20.3 Å². The summed E-state index contributed by atoms with van der Waals surface area (Å²) >= 11 is 0. The number of carbonyl (C=O) groups is 1. The number of methoxy groups -OCH3 is 1. The number of esters is 1. The van der Waals surface area contributed by atoms with Crippen LogP contribution in [0.3, 0.4) is 0 Å². The lowest BCUT2D eigenvalue weighted by molar-refractivity contribution is -0.678. The molecular weight excluding hydrogens is 234 g/mol. The highest BCUT2D eigenvalue weighted by molar-refractivity contribution is 5.92. The number of carbonyl (C=O) groups excluding carboxylic acids is 1. The summed E-state index contributed by atoms with van der Waals surface area (Å²) < 4.78 is 17.8. The molecule has 0 spiro atoms. The summed E-state index contributed by atoms with van der Waals surface area (Å²) in [5.74, 6) is -0.335. The van der Waals surface area contributed by atoms with E-state index in [1.165, 1.54) is 7.11 Å². The molecule has 5 heteroatoms. The van der Waals surface area contributed by atoms with Gasteiger partial charge in [0, 0.05) is 18.1 Å². The number of ether oxygens (including phenoxy) is 3. The molecule has 0 saturated heterocycles. The van der Waals surface area contributed by atoms with E-state index in [1.54, 1.807) is 0 Å². The van der Waals surface area contributed by atoms with Gasteiger partial charge in [0.1, 0.15) is 12.6 Å². The monoisotopic (exact) mass is 252 g/mol. The van der Waals surface area contributed by atoms with E-state index >= 15 is 0 Å². The Balaban J connectivity index is 2.57. The maximum Gasteiger partial charge on any atom is 0.344 e. The third kappa shape index (κ3) is 2.23. The lowest BCUT2D eigenvalue weighted by Crippen LogP contribution is -2.36. The fourth-order valence-corrected chi connectivity index (χ4v) is 2.08. The van der Waals surface area contributed by atoms with Gasteiger partial charge < -0.3 is 14.2 Å². The van der Waals surface area contributed by atoms with Gasteiger partial charge in [-0.05, 0) is 6.92 Å². The average molecular weight is 252 g/mol. The van der Waals surface area contributed by atoms with E-state index in [0.717, 1.165) is 16.8 Å². The standard InChI is InChI=1S/C13H18NO4/c1-8-12(13(15)16-4)11-7-18-9(2)17-6-10(11)5-14(8)3/h5,9H,6-7H2,1-4H3/q+1/t9-/m1/s1. The number of nitrogens with zero attached hydrogens (tertiary/aromatic N) is 1. The van der Waals surface area contributed by atoms with Crippen LogP contribution in [-0.2, 0) is 34.5 Å². The molecule has 5 nitrogen and oxygen atoms in total. The normalized spacial score (nSPS) is 19.0. The van der Waals surface area contributed by atoms with Crippen LogP contribution < -0.4 is 4.57 Å². The fraction of sp³-hybridized carbons (Fsp3) is 0.538. The van der Waals surface area contributed by atoms with Gasteiger partial charge in [0.25, 0.3) is 0 Å². The quantitative estimate of drug-likeness (QED) is 0.552. The highest BCUT2D eigenvalue weighted by atomic mass is 16.7. The minimum Gasteiger partial charge on any atom is -0.465 e. The van der Waals surface area contributed by atoms with Gasteiger partial charge in [-0.2, -0.15) is 0 Å². The van der Waals surface area contributed by atoms with Crippen LogP contribution in [0.2, 0.25) is 0 Å². The second-order valence-corrected chi connectivity index (χ2v) is 4.39. The smallest absolute Gasteiger partial charge is 0.344 e. The molecule has 0 N–H and O–H groups in total. The molecule has 0 amide bonds. The van der Waals surface area contributed by atoms with Gasteiger partial charge in [-0.25, -0.2) is 9.36 Å². The van der Waals surface area contributed by atoms with Crippen molar-refractivity contribution in [1.29, 1.82) is 0 Å². The molecular formula is C13H18NO4+. The minimum absolute atomic E-state index is 0.270. The highest BCUT2D eigenvalue weighted by Crippen LogP contribution is 2.23. The molecule has 1 atom stereocenters. The number of hydrogen-bond donors (Lipinski definition) is 0. The van der Waals surface area contributed by atoms with Crippen LogP contribution in [0.4, 0.5) is 0 Å². The van der Waals surface area contributed by atoms with E-state index in [4.69, 9.17) is 14.2 Å². The zero-order valence-corrected chi connectivity index (χ0v) is 11.1. The first-order chi connectivity index (χ1) is 8.54. The Morgan fingerprint density at radius 1 is 1.44 bits per heavy atom. The van der Waals surface area contributed by atoms with Crippen molar-refractivity contribution in [2.75, 3.05) is 7.11 Å². The first-order valence-corrected chi connectivity index (χ1v) is 5.87. The predicted molar refractivity (Wildman–Crippen MR) is 62.7 cm³/mol. The van der Waals surface area contributed by atoms with Crippen molar-refractivity contribution >= 4 is 5.97 Å². The second-order valence-electron chi connectivity index (χ2n) is 4.39. The Hall–Kier alpha value is -1.46. The molecule has 0 aromatic carbocycles. The SMILES string of the molecule is COC(=O)c1c2c(c[n+](C)c1C)CO[C@@H](C)OC2. The van der Waals surface area contributed by atoms with Crippen LogP contribution in [0, 0.1) is 6.92 Å². The molecule has 98 valence electrons. The summed E-state index contributed by atoms with van der Waals surface area (Å²) in [6, 6.07) is 0.